The van der Waals surface area contributed by atoms with Crippen LogP contribution in [0.4, 0.5) is 11.4 Å². The highest BCUT2D eigenvalue weighted by Crippen LogP contribution is 2.21. The van der Waals surface area contributed by atoms with Gasteiger partial charge in [-0.2, -0.15) is 0 Å². The third kappa shape index (κ3) is 6.29. The number of sulfonamides is 1. The number of hydrogen-bond acceptors (Lipinski definition) is 6. The molecule has 1 saturated carbocycles. The van der Waals surface area contributed by atoms with Crippen molar-refractivity contribution in [2.75, 3.05) is 5.32 Å². The zero-order valence-electron chi connectivity index (χ0n) is 16.5. The molecule has 3 rings (SSSR count). The van der Waals surface area contributed by atoms with Crippen LogP contribution >= 0.6 is 12.2 Å². The van der Waals surface area contributed by atoms with E-state index in [1.54, 1.807) is 12.1 Å². The summed E-state index contributed by atoms with van der Waals surface area (Å²) in [5, 5.41) is 16.0. The van der Waals surface area contributed by atoms with Gasteiger partial charge < -0.3 is 5.32 Å². The molecule has 0 bridgehead atoms. The quantitative estimate of drug-likeness (QED) is 0.341. The number of nitro groups is 1. The van der Waals surface area contributed by atoms with Gasteiger partial charge in [-0.3, -0.25) is 20.2 Å². The maximum Gasteiger partial charge on any atom is 0.270 e. The number of carbonyl (C=O) groups excluding carboxylic acids is 1. The number of non-ortho nitro benzene ring substituents is 1. The average molecular weight is 463 g/mol. The fourth-order valence-electron chi connectivity index (χ4n) is 3.32. The monoisotopic (exact) mass is 462 g/mol. The molecule has 0 unspecified atom stereocenters. The van der Waals surface area contributed by atoms with Gasteiger partial charge in [0, 0.05) is 29.4 Å². The third-order valence-electron chi connectivity index (χ3n) is 4.90. The molecule has 0 aliphatic heterocycles. The Morgan fingerprint density at radius 3 is 2.39 bits per heavy atom. The summed E-state index contributed by atoms with van der Waals surface area (Å²) in [5.74, 6) is -0.600. The van der Waals surface area contributed by atoms with Crippen molar-refractivity contribution in [2.45, 2.75) is 43.0 Å². The van der Waals surface area contributed by atoms with Crippen molar-refractivity contribution in [1.82, 2.24) is 10.0 Å². The molecule has 3 N–H and O–H groups in total. The Kier molecular flexibility index (Phi) is 7.31. The van der Waals surface area contributed by atoms with Crippen molar-refractivity contribution in [2.24, 2.45) is 0 Å². The second kappa shape index (κ2) is 9.94. The highest BCUT2D eigenvalue weighted by molar-refractivity contribution is 7.89. The second-order valence-corrected chi connectivity index (χ2v) is 9.32. The lowest BCUT2D eigenvalue weighted by Gasteiger charge is -2.22. The molecule has 0 atom stereocenters. The Labute approximate surface area is 185 Å². The van der Waals surface area contributed by atoms with Crippen LogP contribution in [0.3, 0.4) is 0 Å². The van der Waals surface area contributed by atoms with E-state index in [1.165, 1.54) is 30.3 Å². The van der Waals surface area contributed by atoms with E-state index < -0.39 is 20.9 Å². The molecule has 2 aromatic carbocycles. The standard InChI is InChI=1S/C20H22N4O5S2/c25-19(14-5-4-8-17(13-14)24(26)27)22-20(30)21-15-9-11-18(12-10-15)31(28,29)23-16-6-2-1-3-7-16/h4-5,8-13,16,23H,1-3,6-7H2,(H2,21,22,25,30). The molecule has 0 radical (unpaired) electrons. The zero-order chi connectivity index (χ0) is 22.4. The summed E-state index contributed by atoms with van der Waals surface area (Å²) in [4.78, 5) is 22.6. The number of carbonyl (C=O) groups is 1. The number of benzene rings is 2. The van der Waals surface area contributed by atoms with E-state index in [0.29, 0.717) is 5.69 Å². The normalized spacial score (nSPS) is 14.6. The fourth-order valence-corrected chi connectivity index (χ4v) is 4.84. The predicted octanol–water partition coefficient (Wildman–Crippen LogP) is 3.33. The molecule has 164 valence electrons. The molecule has 0 spiro atoms. The SMILES string of the molecule is O=C(NC(=S)Nc1ccc(S(=O)(=O)NC2CCCCC2)cc1)c1cccc([N+](=O)[O-])c1. The van der Waals surface area contributed by atoms with Crippen molar-refractivity contribution in [1.29, 1.82) is 0 Å². The van der Waals surface area contributed by atoms with Crippen LogP contribution in [0, 0.1) is 10.1 Å². The number of nitro benzene ring substituents is 1. The summed E-state index contributed by atoms with van der Waals surface area (Å²) in [5.41, 5.74) is 0.375. The first-order chi connectivity index (χ1) is 14.7. The van der Waals surface area contributed by atoms with Gasteiger partial charge in [-0.1, -0.05) is 25.3 Å². The minimum Gasteiger partial charge on any atom is -0.332 e. The van der Waals surface area contributed by atoms with Crippen LogP contribution in [0.2, 0.25) is 0 Å². The molecule has 1 aliphatic rings. The number of rotatable bonds is 6. The lowest BCUT2D eigenvalue weighted by atomic mass is 9.96. The summed E-state index contributed by atoms with van der Waals surface area (Å²) in [6.07, 6.45) is 4.87. The van der Waals surface area contributed by atoms with Gasteiger partial charge in [-0.05, 0) is 55.4 Å². The van der Waals surface area contributed by atoms with Crippen LogP contribution in [0.1, 0.15) is 42.5 Å². The van der Waals surface area contributed by atoms with Gasteiger partial charge in [0.25, 0.3) is 11.6 Å². The molecule has 0 saturated heterocycles. The number of nitrogens with zero attached hydrogens (tertiary/aromatic N) is 1. The van der Waals surface area contributed by atoms with Gasteiger partial charge in [0.1, 0.15) is 0 Å². The van der Waals surface area contributed by atoms with Crippen molar-refractivity contribution < 1.29 is 18.1 Å². The number of anilines is 1. The summed E-state index contributed by atoms with van der Waals surface area (Å²) < 4.78 is 27.8. The molecule has 1 amide bonds. The fraction of sp³-hybridized carbons (Fsp3) is 0.300. The Hall–Kier alpha value is -2.89. The molecule has 11 heteroatoms. The van der Waals surface area contributed by atoms with E-state index in [4.69, 9.17) is 12.2 Å². The van der Waals surface area contributed by atoms with Gasteiger partial charge in [0.2, 0.25) is 10.0 Å². The van der Waals surface area contributed by atoms with E-state index >= 15 is 0 Å². The average Bonchev–Trinajstić information content (AvgIpc) is 2.74. The maximum absolute atomic E-state index is 12.5. The van der Waals surface area contributed by atoms with E-state index in [-0.39, 0.29) is 27.3 Å². The van der Waals surface area contributed by atoms with Gasteiger partial charge in [-0.25, -0.2) is 13.1 Å². The van der Waals surface area contributed by atoms with Crippen LogP contribution in [-0.2, 0) is 10.0 Å². The van der Waals surface area contributed by atoms with Gasteiger partial charge in [-0.15, -0.1) is 0 Å². The van der Waals surface area contributed by atoms with Crippen LogP contribution in [0.25, 0.3) is 0 Å². The largest absolute Gasteiger partial charge is 0.332 e. The number of amides is 1. The summed E-state index contributed by atoms with van der Waals surface area (Å²) in [6, 6.07) is 11.2. The van der Waals surface area contributed by atoms with E-state index in [0.717, 1.165) is 38.2 Å². The molecule has 1 aliphatic carbocycles. The van der Waals surface area contributed by atoms with Crippen LogP contribution in [-0.4, -0.2) is 30.4 Å². The molecule has 2 aromatic rings. The van der Waals surface area contributed by atoms with Gasteiger partial charge in [0.15, 0.2) is 5.11 Å². The smallest absolute Gasteiger partial charge is 0.270 e. The first kappa shape index (κ1) is 22.8. The van der Waals surface area contributed by atoms with Crippen LogP contribution in [0.15, 0.2) is 53.4 Å². The third-order valence-corrected chi connectivity index (χ3v) is 6.64. The van der Waals surface area contributed by atoms with Crippen molar-refractivity contribution >= 4 is 44.6 Å². The maximum atomic E-state index is 12.5. The van der Waals surface area contributed by atoms with E-state index in [1.807, 2.05) is 0 Å². The summed E-state index contributed by atoms with van der Waals surface area (Å²) in [6.45, 7) is 0. The summed E-state index contributed by atoms with van der Waals surface area (Å²) in [7, 11) is -3.61. The van der Waals surface area contributed by atoms with Gasteiger partial charge >= 0.3 is 0 Å². The minimum atomic E-state index is -3.61. The van der Waals surface area contributed by atoms with Crippen molar-refractivity contribution in [3.8, 4) is 0 Å². The van der Waals surface area contributed by atoms with Gasteiger partial charge in [0.05, 0.1) is 9.82 Å². The molecule has 1 fully saturated rings. The van der Waals surface area contributed by atoms with Crippen molar-refractivity contribution in [3.63, 3.8) is 0 Å². The van der Waals surface area contributed by atoms with Crippen LogP contribution < -0.4 is 15.4 Å². The van der Waals surface area contributed by atoms with Crippen molar-refractivity contribution in [3.05, 3.63) is 64.2 Å². The Bertz CT molecular complexity index is 1080. The predicted molar refractivity (Wildman–Crippen MR) is 120 cm³/mol. The molecule has 0 heterocycles. The minimum absolute atomic E-state index is 0.0209. The molecule has 0 aromatic heterocycles. The summed E-state index contributed by atoms with van der Waals surface area (Å²) >= 11 is 5.10. The molecule has 31 heavy (non-hydrogen) atoms. The molecular formula is C20H22N4O5S2. The molecule has 9 nitrogen and oxygen atoms in total. The van der Waals surface area contributed by atoms with E-state index in [9.17, 15) is 23.3 Å². The van der Waals surface area contributed by atoms with E-state index in [2.05, 4.69) is 15.4 Å². The lowest BCUT2D eigenvalue weighted by Crippen LogP contribution is -2.36. The highest BCUT2D eigenvalue weighted by Gasteiger charge is 2.21. The topological polar surface area (TPSA) is 130 Å². The Morgan fingerprint density at radius 2 is 1.74 bits per heavy atom. The number of nitrogens with one attached hydrogen (secondary N) is 3. The molecular weight excluding hydrogens is 440 g/mol. The number of thiocarbonyl (C=S) groups is 1. The second-order valence-electron chi connectivity index (χ2n) is 7.20. The Morgan fingerprint density at radius 1 is 1.06 bits per heavy atom. The van der Waals surface area contributed by atoms with Crippen LogP contribution in [0.5, 0.6) is 0 Å². The Balaban J connectivity index is 1.59. The lowest BCUT2D eigenvalue weighted by molar-refractivity contribution is -0.384. The first-order valence-electron chi connectivity index (χ1n) is 9.74. The highest BCUT2D eigenvalue weighted by atomic mass is 32.2. The number of hydrogen-bond donors (Lipinski definition) is 3. The zero-order valence-corrected chi connectivity index (χ0v) is 18.2. The first-order valence-corrected chi connectivity index (χ1v) is 11.6.